The molecule has 2 heterocycles. The maximum atomic E-state index is 13.6. The summed E-state index contributed by atoms with van der Waals surface area (Å²) in [5, 5.41) is 0. The monoisotopic (exact) mass is 756 g/mol. The Morgan fingerprint density at radius 3 is 1.74 bits per heavy atom. The Kier molecular flexibility index (Phi) is 15.2. The third-order valence-corrected chi connectivity index (χ3v) is 8.49. The summed E-state index contributed by atoms with van der Waals surface area (Å²) >= 11 is 0. The second kappa shape index (κ2) is 19.3. The molecule has 3 unspecified atom stereocenters. The number of rotatable bonds is 5. The summed E-state index contributed by atoms with van der Waals surface area (Å²) in [6.07, 6.45) is 0.815. The van der Waals surface area contributed by atoms with Crippen LogP contribution < -0.4 is 0 Å². The lowest BCUT2D eigenvalue weighted by Crippen LogP contribution is -2.49. The lowest BCUT2D eigenvalue weighted by Gasteiger charge is -2.29. The normalized spacial score (nSPS) is 21.5. The van der Waals surface area contributed by atoms with Crippen molar-refractivity contribution in [3.8, 4) is 0 Å². The van der Waals surface area contributed by atoms with Crippen LogP contribution in [-0.2, 0) is 70.3 Å². The van der Waals surface area contributed by atoms with Crippen LogP contribution in [0.2, 0.25) is 0 Å². The summed E-state index contributed by atoms with van der Waals surface area (Å²) in [5.74, 6) is -5.79. The van der Waals surface area contributed by atoms with Gasteiger partial charge in [-0.25, -0.2) is 9.78 Å². The molecule has 0 radical (unpaired) electrons. The van der Waals surface area contributed by atoms with Crippen LogP contribution in [0, 0.1) is 0 Å². The van der Waals surface area contributed by atoms with E-state index in [0.29, 0.717) is 12.1 Å². The van der Waals surface area contributed by atoms with Gasteiger partial charge in [-0.15, -0.1) is 0 Å². The van der Waals surface area contributed by atoms with Gasteiger partial charge in [0.25, 0.3) is 23.6 Å². The fourth-order valence-electron chi connectivity index (χ4n) is 5.33. The van der Waals surface area contributed by atoms with Crippen LogP contribution in [0.15, 0.2) is 36.7 Å². The van der Waals surface area contributed by atoms with E-state index in [1.165, 1.54) is 42.0 Å². The van der Waals surface area contributed by atoms with Gasteiger partial charge in [0, 0.05) is 59.5 Å². The largest absolute Gasteiger partial charge is 0.454 e. The molecule has 3 atom stereocenters. The van der Waals surface area contributed by atoms with E-state index in [1.54, 1.807) is 18.3 Å². The van der Waals surface area contributed by atoms with Crippen molar-refractivity contribution < 1.29 is 57.3 Å². The predicted molar refractivity (Wildman–Crippen MR) is 188 cm³/mol. The van der Waals surface area contributed by atoms with Crippen LogP contribution >= 0.6 is 0 Å². The molecular weight excluding hydrogens is 708 g/mol. The van der Waals surface area contributed by atoms with Gasteiger partial charge in [0.2, 0.25) is 0 Å². The average molecular weight is 757 g/mol. The molecule has 0 saturated carbocycles. The third-order valence-electron chi connectivity index (χ3n) is 8.49. The Morgan fingerprint density at radius 1 is 0.685 bits per heavy atom. The first-order valence-corrected chi connectivity index (χ1v) is 17.2. The standard InChI is InChI=1S/C36H48N6O12/c1-22(2)33-37-13-14-42(33)16-26-11-9-25(10-12-26)15-27-36(50)54-24(4)35(49)40(7)17-30(45)51-20-28(43)38(5)19-32(47)53-23(3)34(48)39(6)18-31(46)52-21-29(44)41(27)8/h9-14,22-24,27H,15-21H2,1-8H3. The number of amides is 4. The lowest BCUT2D eigenvalue weighted by molar-refractivity contribution is -0.167. The predicted octanol–water partition coefficient (Wildman–Crippen LogP) is -0.237. The molecule has 3 rings (SSSR count). The molecule has 1 fully saturated rings. The van der Waals surface area contributed by atoms with Gasteiger partial charge in [0.05, 0.1) is 0 Å². The van der Waals surface area contributed by atoms with Gasteiger partial charge in [-0.3, -0.25) is 33.6 Å². The van der Waals surface area contributed by atoms with Crippen LogP contribution in [-0.4, -0.2) is 156 Å². The van der Waals surface area contributed by atoms with E-state index in [2.05, 4.69) is 4.98 Å². The Bertz CT molecular complexity index is 1710. The van der Waals surface area contributed by atoms with E-state index in [4.69, 9.17) is 18.9 Å². The Labute approximate surface area is 313 Å². The minimum atomic E-state index is -1.41. The molecule has 1 aliphatic heterocycles. The molecule has 2 aromatic rings. The second-order valence-corrected chi connectivity index (χ2v) is 13.3. The highest BCUT2D eigenvalue weighted by molar-refractivity contribution is 5.91. The maximum Gasteiger partial charge on any atom is 0.329 e. The average Bonchev–Trinajstić information content (AvgIpc) is 3.59. The van der Waals surface area contributed by atoms with E-state index in [-0.39, 0.29) is 12.3 Å². The molecule has 1 aliphatic rings. The number of hydrogen-bond donors (Lipinski definition) is 0. The highest BCUT2D eigenvalue weighted by Crippen LogP contribution is 2.17. The summed E-state index contributed by atoms with van der Waals surface area (Å²) in [4.78, 5) is 111. The fourth-order valence-corrected chi connectivity index (χ4v) is 5.33. The molecule has 294 valence electrons. The summed E-state index contributed by atoms with van der Waals surface area (Å²) in [6, 6.07) is 6.04. The number of cyclic esters (lactones) is 4. The molecule has 4 amide bonds. The van der Waals surface area contributed by atoms with E-state index in [0.717, 1.165) is 31.0 Å². The molecular formula is C36H48N6O12. The number of aromatic nitrogens is 2. The van der Waals surface area contributed by atoms with E-state index in [9.17, 15) is 38.4 Å². The zero-order valence-electron chi connectivity index (χ0n) is 31.8. The van der Waals surface area contributed by atoms with Gasteiger partial charge in [-0.05, 0) is 25.0 Å². The fraction of sp³-hybridized carbons (Fsp3) is 0.528. The van der Waals surface area contributed by atoms with E-state index in [1.807, 2.05) is 36.7 Å². The number of imidazole rings is 1. The quantitative estimate of drug-likeness (QED) is 0.286. The number of benzene rings is 1. The molecule has 0 spiro atoms. The molecule has 18 heteroatoms. The molecule has 0 N–H and O–H groups in total. The van der Waals surface area contributed by atoms with Crippen molar-refractivity contribution >= 4 is 47.5 Å². The highest BCUT2D eigenvalue weighted by Gasteiger charge is 2.33. The van der Waals surface area contributed by atoms with Crippen molar-refractivity contribution in [3.05, 3.63) is 53.6 Å². The van der Waals surface area contributed by atoms with E-state index >= 15 is 0 Å². The molecule has 1 saturated heterocycles. The van der Waals surface area contributed by atoms with Crippen molar-refractivity contribution in [3.63, 3.8) is 0 Å². The van der Waals surface area contributed by atoms with Gasteiger partial charge in [0.15, 0.2) is 25.4 Å². The van der Waals surface area contributed by atoms with Crippen LogP contribution in [0.25, 0.3) is 0 Å². The van der Waals surface area contributed by atoms with Crippen LogP contribution in [0.5, 0.6) is 0 Å². The van der Waals surface area contributed by atoms with Crippen molar-refractivity contribution in [2.45, 2.75) is 64.8 Å². The van der Waals surface area contributed by atoms with Gasteiger partial charge >= 0.3 is 23.9 Å². The third kappa shape index (κ3) is 12.1. The minimum absolute atomic E-state index is 0.0446. The maximum absolute atomic E-state index is 13.6. The first-order valence-electron chi connectivity index (χ1n) is 17.2. The number of esters is 4. The second-order valence-electron chi connectivity index (χ2n) is 13.3. The number of carbonyl (C=O) groups is 8. The number of carbonyl (C=O) groups excluding carboxylic acids is 8. The first kappa shape index (κ1) is 42.6. The van der Waals surface area contributed by atoms with Gasteiger partial charge in [0.1, 0.15) is 31.5 Å². The minimum Gasteiger partial charge on any atom is -0.454 e. The van der Waals surface area contributed by atoms with Crippen molar-refractivity contribution in [2.24, 2.45) is 0 Å². The van der Waals surface area contributed by atoms with Crippen molar-refractivity contribution in [1.29, 1.82) is 0 Å². The number of nitrogens with zero attached hydrogens (tertiary/aromatic N) is 6. The number of ether oxygens (including phenoxy) is 4. The lowest BCUT2D eigenvalue weighted by atomic mass is 10.0. The van der Waals surface area contributed by atoms with Crippen molar-refractivity contribution in [2.75, 3.05) is 61.0 Å². The summed E-state index contributed by atoms with van der Waals surface area (Å²) in [6.45, 7) is 3.84. The molecule has 18 nitrogen and oxygen atoms in total. The molecule has 0 aliphatic carbocycles. The topological polar surface area (TPSA) is 204 Å². The summed E-state index contributed by atoms with van der Waals surface area (Å²) in [7, 11) is 5.07. The zero-order valence-corrected chi connectivity index (χ0v) is 31.8. The number of hydrogen-bond acceptors (Lipinski definition) is 13. The summed E-state index contributed by atoms with van der Waals surface area (Å²) < 4.78 is 22.7. The first-order chi connectivity index (χ1) is 25.4. The number of likely N-dealkylation sites (N-methyl/N-ethyl adjacent to an activating group) is 4. The van der Waals surface area contributed by atoms with Crippen LogP contribution in [0.4, 0.5) is 0 Å². The molecule has 0 bridgehead atoms. The van der Waals surface area contributed by atoms with Gasteiger partial charge < -0.3 is 43.1 Å². The van der Waals surface area contributed by atoms with Crippen LogP contribution in [0.1, 0.15) is 50.6 Å². The zero-order chi connectivity index (χ0) is 40.3. The SMILES string of the molecule is CC1OC(=O)CN(C)C(=O)COC(=O)CN(C)C(=O)C(C)OC(=O)C(Cc2ccc(Cn3ccnc3C(C)C)cc2)N(C)C(=O)COC(=O)CN(C)C1=O. The smallest absolute Gasteiger partial charge is 0.329 e. The Hall–Kier alpha value is -5.81. The molecule has 1 aromatic heterocycles. The van der Waals surface area contributed by atoms with Gasteiger partial charge in [-0.2, -0.15) is 0 Å². The Morgan fingerprint density at radius 2 is 1.19 bits per heavy atom. The highest BCUT2D eigenvalue weighted by atomic mass is 16.6. The molecule has 1 aromatic carbocycles. The Balaban J connectivity index is 1.83. The van der Waals surface area contributed by atoms with Gasteiger partial charge in [-0.1, -0.05) is 38.1 Å². The summed E-state index contributed by atoms with van der Waals surface area (Å²) in [5.41, 5.74) is 1.61. The molecule has 54 heavy (non-hydrogen) atoms. The van der Waals surface area contributed by atoms with Crippen LogP contribution in [0.3, 0.4) is 0 Å². The van der Waals surface area contributed by atoms with Crippen molar-refractivity contribution in [1.82, 2.24) is 29.2 Å². The van der Waals surface area contributed by atoms with E-state index < -0.39 is 98.6 Å².